The number of carbonyl (C=O) groups is 3. The SMILES string of the molecule is C=CCOC(=O)CCC=CCCC(C)CC(=O)NCC(C(=O)OC(C)(C)C)c1ccccc1. The Labute approximate surface area is 198 Å². The van der Waals surface area contributed by atoms with Gasteiger partial charge in [0.15, 0.2) is 0 Å². The molecule has 0 aliphatic heterocycles. The van der Waals surface area contributed by atoms with Crippen LogP contribution in [0.2, 0.25) is 0 Å². The van der Waals surface area contributed by atoms with Gasteiger partial charge in [-0.3, -0.25) is 14.4 Å². The fourth-order valence-electron chi connectivity index (χ4n) is 3.14. The van der Waals surface area contributed by atoms with Crippen molar-refractivity contribution in [2.24, 2.45) is 5.92 Å². The normalized spacial score (nSPS) is 13.2. The Balaban J connectivity index is 2.42. The Bertz CT molecular complexity index is 779. The van der Waals surface area contributed by atoms with E-state index in [0.29, 0.717) is 19.3 Å². The number of nitrogens with one attached hydrogen (secondary N) is 1. The van der Waals surface area contributed by atoms with Gasteiger partial charge in [-0.15, -0.1) is 0 Å². The van der Waals surface area contributed by atoms with Gasteiger partial charge in [-0.25, -0.2) is 0 Å². The molecule has 0 heterocycles. The monoisotopic (exact) mass is 457 g/mol. The molecule has 2 atom stereocenters. The maximum atomic E-state index is 12.7. The highest BCUT2D eigenvalue weighted by Crippen LogP contribution is 2.20. The maximum absolute atomic E-state index is 12.7. The lowest BCUT2D eigenvalue weighted by atomic mass is 9.98. The van der Waals surface area contributed by atoms with Crippen LogP contribution in [-0.4, -0.2) is 36.6 Å². The molecule has 0 spiro atoms. The fraction of sp³-hybridized carbons (Fsp3) is 0.519. The number of hydrogen-bond acceptors (Lipinski definition) is 5. The molecule has 0 bridgehead atoms. The van der Waals surface area contributed by atoms with Gasteiger partial charge in [0.2, 0.25) is 5.91 Å². The lowest BCUT2D eigenvalue weighted by Crippen LogP contribution is -2.36. The van der Waals surface area contributed by atoms with Crippen LogP contribution >= 0.6 is 0 Å². The minimum atomic E-state index is -0.595. The predicted molar refractivity (Wildman–Crippen MR) is 131 cm³/mol. The van der Waals surface area contributed by atoms with Crippen LogP contribution in [0.5, 0.6) is 0 Å². The van der Waals surface area contributed by atoms with Crippen molar-refractivity contribution in [1.82, 2.24) is 5.32 Å². The highest BCUT2D eigenvalue weighted by Gasteiger charge is 2.27. The average Bonchev–Trinajstić information content (AvgIpc) is 2.74. The zero-order valence-electron chi connectivity index (χ0n) is 20.5. The van der Waals surface area contributed by atoms with E-state index < -0.39 is 11.5 Å². The molecule has 0 aliphatic rings. The summed E-state index contributed by atoms with van der Waals surface area (Å²) < 4.78 is 10.5. The molecule has 0 radical (unpaired) electrons. The molecule has 0 aromatic heterocycles. The van der Waals surface area contributed by atoms with Crippen molar-refractivity contribution in [3.05, 3.63) is 60.7 Å². The number of benzene rings is 1. The Morgan fingerprint density at radius 3 is 2.39 bits per heavy atom. The average molecular weight is 458 g/mol. The number of amides is 1. The van der Waals surface area contributed by atoms with E-state index >= 15 is 0 Å². The van der Waals surface area contributed by atoms with Crippen molar-refractivity contribution in [2.45, 2.75) is 71.3 Å². The van der Waals surface area contributed by atoms with Crippen LogP contribution in [0.1, 0.15) is 71.3 Å². The van der Waals surface area contributed by atoms with Crippen LogP contribution in [0, 0.1) is 5.92 Å². The molecule has 2 unspecified atom stereocenters. The Morgan fingerprint density at radius 2 is 1.76 bits per heavy atom. The molecular formula is C27H39NO5. The first kappa shape index (κ1) is 28.1. The van der Waals surface area contributed by atoms with Crippen LogP contribution in [0.25, 0.3) is 0 Å². The van der Waals surface area contributed by atoms with Gasteiger partial charge in [0.1, 0.15) is 12.2 Å². The van der Waals surface area contributed by atoms with Crippen molar-refractivity contribution in [3.63, 3.8) is 0 Å². The number of esters is 2. The first-order valence-electron chi connectivity index (χ1n) is 11.6. The van der Waals surface area contributed by atoms with E-state index in [1.54, 1.807) is 6.08 Å². The number of allylic oxidation sites excluding steroid dienone is 2. The molecule has 0 saturated heterocycles. The van der Waals surface area contributed by atoms with Crippen LogP contribution in [-0.2, 0) is 23.9 Å². The number of rotatable bonds is 14. The smallest absolute Gasteiger partial charge is 0.315 e. The summed E-state index contributed by atoms with van der Waals surface area (Å²) in [6.45, 7) is 11.5. The van der Waals surface area contributed by atoms with Crippen molar-refractivity contribution in [2.75, 3.05) is 13.2 Å². The second kappa shape index (κ2) is 15.0. The summed E-state index contributed by atoms with van der Waals surface area (Å²) in [6.07, 6.45) is 8.61. The van der Waals surface area contributed by atoms with Crippen molar-refractivity contribution >= 4 is 17.8 Å². The fourth-order valence-corrected chi connectivity index (χ4v) is 3.14. The molecule has 33 heavy (non-hydrogen) atoms. The van der Waals surface area contributed by atoms with Gasteiger partial charge in [-0.05, 0) is 51.5 Å². The molecule has 1 aromatic rings. The van der Waals surface area contributed by atoms with Gasteiger partial charge in [-0.1, -0.05) is 62.1 Å². The van der Waals surface area contributed by atoms with Gasteiger partial charge >= 0.3 is 11.9 Å². The molecular weight excluding hydrogens is 418 g/mol. The van der Waals surface area contributed by atoms with E-state index in [4.69, 9.17) is 9.47 Å². The van der Waals surface area contributed by atoms with Crippen molar-refractivity contribution < 1.29 is 23.9 Å². The largest absolute Gasteiger partial charge is 0.461 e. The molecule has 0 fully saturated rings. The standard InChI is InChI=1S/C27H39NO5/c1-6-18-32-25(30)17-13-8-7-10-14-21(2)19-24(29)28-20-23(22-15-11-9-12-16-22)26(31)33-27(3,4)5/h6-9,11-12,15-16,21,23H,1,10,13-14,17-20H2,2-5H3,(H,28,29). The van der Waals surface area contributed by atoms with Crippen molar-refractivity contribution in [1.29, 1.82) is 0 Å². The first-order valence-corrected chi connectivity index (χ1v) is 11.6. The van der Waals surface area contributed by atoms with Crippen LogP contribution in [0.15, 0.2) is 55.1 Å². The maximum Gasteiger partial charge on any atom is 0.315 e. The van der Waals surface area contributed by atoms with Gasteiger partial charge < -0.3 is 14.8 Å². The lowest BCUT2D eigenvalue weighted by molar-refractivity contribution is -0.156. The second-order valence-electron chi connectivity index (χ2n) is 9.17. The Hall–Kier alpha value is -2.89. The summed E-state index contributed by atoms with van der Waals surface area (Å²) in [7, 11) is 0. The van der Waals surface area contributed by atoms with Gasteiger partial charge in [0.05, 0.1) is 5.92 Å². The summed E-state index contributed by atoms with van der Waals surface area (Å²) in [5, 5.41) is 2.90. The molecule has 6 nitrogen and oxygen atoms in total. The molecule has 0 aliphatic carbocycles. The quantitative estimate of drug-likeness (QED) is 0.310. The van der Waals surface area contributed by atoms with E-state index in [1.165, 1.54) is 0 Å². The van der Waals surface area contributed by atoms with Crippen LogP contribution in [0.3, 0.4) is 0 Å². The molecule has 0 saturated carbocycles. The number of carbonyl (C=O) groups excluding carboxylic acids is 3. The number of ether oxygens (including phenoxy) is 2. The molecule has 6 heteroatoms. The summed E-state index contributed by atoms with van der Waals surface area (Å²) in [5.74, 6) is -1.01. The first-order chi connectivity index (χ1) is 15.6. The van der Waals surface area contributed by atoms with E-state index in [9.17, 15) is 14.4 Å². The van der Waals surface area contributed by atoms with E-state index in [0.717, 1.165) is 18.4 Å². The Kier molecular flexibility index (Phi) is 12.8. The molecule has 182 valence electrons. The predicted octanol–water partition coefficient (Wildman–Crippen LogP) is 5.10. The molecule has 1 amide bonds. The minimum Gasteiger partial charge on any atom is -0.461 e. The third kappa shape index (κ3) is 13.3. The highest BCUT2D eigenvalue weighted by atomic mass is 16.6. The molecule has 1 rings (SSSR count). The molecule has 1 N–H and O–H groups in total. The van der Waals surface area contributed by atoms with Gasteiger partial charge in [0, 0.05) is 19.4 Å². The summed E-state index contributed by atoms with van der Waals surface area (Å²) in [4.78, 5) is 36.6. The third-order valence-corrected chi connectivity index (χ3v) is 4.80. The van der Waals surface area contributed by atoms with E-state index in [1.807, 2.05) is 70.2 Å². The lowest BCUT2D eigenvalue weighted by Gasteiger charge is -2.24. The number of hydrogen-bond donors (Lipinski definition) is 1. The van der Waals surface area contributed by atoms with Gasteiger partial charge in [0.25, 0.3) is 0 Å². The summed E-state index contributed by atoms with van der Waals surface area (Å²) in [5.41, 5.74) is 0.223. The zero-order chi connectivity index (χ0) is 24.7. The zero-order valence-corrected chi connectivity index (χ0v) is 20.5. The van der Waals surface area contributed by atoms with E-state index in [2.05, 4.69) is 11.9 Å². The highest BCUT2D eigenvalue weighted by molar-refractivity contribution is 5.81. The van der Waals surface area contributed by atoms with Gasteiger partial charge in [-0.2, -0.15) is 0 Å². The Morgan fingerprint density at radius 1 is 1.09 bits per heavy atom. The summed E-state index contributed by atoms with van der Waals surface area (Å²) >= 11 is 0. The topological polar surface area (TPSA) is 81.7 Å². The van der Waals surface area contributed by atoms with Crippen molar-refractivity contribution in [3.8, 4) is 0 Å². The van der Waals surface area contributed by atoms with Crippen LogP contribution < -0.4 is 5.32 Å². The second-order valence-corrected chi connectivity index (χ2v) is 9.17. The summed E-state index contributed by atoms with van der Waals surface area (Å²) in [6, 6.07) is 9.37. The minimum absolute atomic E-state index is 0.0825. The third-order valence-electron chi connectivity index (χ3n) is 4.80. The molecule has 1 aromatic carbocycles. The van der Waals surface area contributed by atoms with E-state index in [-0.39, 0.29) is 36.9 Å². The van der Waals surface area contributed by atoms with Crippen LogP contribution in [0.4, 0.5) is 0 Å².